The summed E-state index contributed by atoms with van der Waals surface area (Å²) in [7, 11) is -3.04. The van der Waals surface area contributed by atoms with Crippen molar-refractivity contribution in [1.82, 2.24) is 4.90 Å². The molecule has 1 aromatic rings. The summed E-state index contributed by atoms with van der Waals surface area (Å²) >= 11 is 1.94. The number of aliphatic hydroxyl groups is 3. The monoisotopic (exact) mass is 1160 g/mol. The van der Waals surface area contributed by atoms with Crippen LogP contribution in [0.15, 0.2) is 69.7 Å². The van der Waals surface area contributed by atoms with E-state index in [1.165, 1.54) is 30.2 Å². The van der Waals surface area contributed by atoms with Crippen LogP contribution in [0.3, 0.4) is 0 Å². The van der Waals surface area contributed by atoms with Crippen molar-refractivity contribution in [3.8, 4) is 0 Å². The van der Waals surface area contributed by atoms with Crippen LogP contribution >= 0.6 is 22.6 Å². The van der Waals surface area contributed by atoms with Gasteiger partial charge in [-0.1, -0.05) is 60.9 Å². The van der Waals surface area contributed by atoms with E-state index in [0.717, 1.165) is 17.4 Å². The number of methoxy groups -OCH3 is 1. The van der Waals surface area contributed by atoms with Crippen molar-refractivity contribution in [1.29, 1.82) is 0 Å². The van der Waals surface area contributed by atoms with Crippen molar-refractivity contribution < 1.29 is 76.0 Å². The van der Waals surface area contributed by atoms with Gasteiger partial charge in [0.05, 0.1) is 72.5 Å². The number of hydrogen-bond donors (Lipinski definition) is 3. The molecule has 0 saturated carbocycles. The highest BCUT2D eigenvalue weighted by molar-refractivity contribution is 14.1. The first-order valence-electron chi connectivity index (χ1n) is 25.9. The Labute approximate surface area is 444 Å². The van der Waals surface area contributed by atoms with Crippen LogP contribution in [0.2, 0.25) is 0 Å². The van der Waals surface area contributed by atoms with Crippen molar-refractivity contribution in [2.45, 2.75) is 225 Å². The topological polar surface area (TPSA) is 223 Å². The lowest BCUT2D eigenvalue weighted by Crippen LogP contribution is -2.63. The van der Waals surface area contributed by atoms with E-state index < -0.39 is 117 Å². The number of rotatable bonds is 19. The molecule has 6 aliphatic rings. The average molecular weight is 1160 g/mol. The van der Waals surface area contributed by atoms with E-state index in [1.807, 2.05) is 22.6 Å². The van der Waals surface area contributed by atoms with E-state index in [4.69, 9.17) is 37.9 Å². The Hall–Kier alpha value is -2.67. The van der Waals surface area contributed by atoms with Gasteiger partial charge in [-0.15, -0.1) is 0 Å². The van der Waals surface area contributed by atoms with Gasteiger partial charge in [-0.2, -0.15) is 0 Å². The highest BCUT2D eigenvalue weighted by Crippen LogP contribution is 2.46. The third-order valence-electron chi connectivity index (χ3n) is 15.5. The summed E-state index contributed by atoms with van der Waals surface area (Å²) in [5.41, 5.74) is -0.0179. The number of sulfone groups is 1. The van der Waals surface area contributed by atoms with Crippen LogP contribution in [0.5, 0.6) is 0 Å². The number of halogens is 1. The largest absolute Gasteiger partial charge is 0.444 e. The highest BCUT2D eigenvalue weighted by atomic mass is 127. The predicted octanol–water partition coefficient (Wildman–Crippen LogP) is 6.51. The molecule has 6 heterocycles. The zero-order valence-corrected chi connectivity index (χ0v) is 46.3. The fourth-order valence-electron chi connectivity index (χ4n) is 11.8. The van der Waals surface area contributed by atoms with Crippen LogP contribution in [0, 0.1) is 11.8 Å². The van der Waals surface area contributed by atoms with Crippen LogP contribution in [0.1, 0.15) is 112 Å². The predicted molar refractivity (Wildman–Crippen MR) is 277 cm³/mol. The molecule has 0 radical (unpaired) electrons. The van der Waals surface area contributed by atoms with E-state index in [9.17, 15) is 24.9 Å². The first-order valence-corrected chi connectivity index (χ1v) is 28.7. The number of nitrogens with zero attached hydrogens (tertiary/aromatic N) is 1. The van der Waals surface area contributed by atoms with Crippen molar-refractivity contribution in [3.63, 3.8) is 0 Å². The van der Waals surface area contributed by atoms with Gasteiger partial charge in [0.25, 0.3) is 0 Å². The number of carbonyl (C=O) groups excluding carboxylic acids is 3. The number of ether oxygens (including phenoxy) is 8. The summed E-state index contributed by atoms with van der Waals surface area (Å²) in [6.45, 7) is 19.9. The van der Waals surface area contributed by atoms with Gasteiger partial charge in [0.15, 0.2) is 15.6 Å². The minimum atomic E-state index is -4.51. The molecule has 0 bridgehead atoms. The summed E-state index contributed by atoms with van der Waals surface area (Å²) in [5.74, 6) is -1.73. The lowest BCUT2D eigenvalue weighted by atomic mass is 9.81. The zero-order chi connectivity index (χ0) is 53.2. The van der Waals surface area contributed by atoms with Crippen LogP contribution in [0.25, 0.3) is 0 Å². The molecule has 17 nitrogen and oxygen atoms in total. The third kappa shape index (κ3) is 13.5. The highest BCUT2D eigenvalue weighted by Gasteiger charge is 2.58. The van der Waals surface area contributed by atoms with Gasteiger partial charge in [0.1, 0.15) is 53.4 Å². The molecule has 0 aromatic heterocycles. The second-order valence-corrected chi connectivity index (χ2v) is 25.1. The number of hydrogen-bond acceptors (Lipinski definition) is 16. The molecule has 0 aliphatic carbocycles. The molecule has 3 N–H and O–H groups in total. The Bertz CT molecular complexity index is 2240. The van der Waals surface area contributed by atoms with Crippen molar-refractivity contribution in [2.24, 2.45) is 11.8 Å². The number of ketones is 1. The summed E-state index contributed by atoms with van der Waals surface area (Å²) < 4.78 is 83.5. The molecule has 6 fully saturated rings. The SMILES string of the molecule is C=C1C[C@H](CCC=O)O[C@H]1CC[C@H]1C[C@@H](C)C(=C)[C@@H](C[C@@H]2O[C@H](C[C@H]3CN(C(=O)OC(C)(C)C)C(C)(C)O3)[C@H](OC)[C@H]2C(C(=O)C[C@H]2CCC3O[C@@H]([C@@H](O)/C=C/I)[C@@H](O)[C@@H](O)[C@H]3O2)S(=O)(=O)c2ccccc2)O1. The fourth-order valence-corrected chi connectivity index (χ4v) is 14.3. The number of amides is 1. The molecule has 19 heteroatoms. The smallest absolute Gasteiger partial charge is 0.412 e. The zero-order valence-electron chi connectivity index (χ0n) is 43.3. The second kappa shape index (κ2) is 24.3. The molecule has 1 amide bonds. The number of aliphatic hydroxyl groups excluding tert-OH is 3. The first kappa shape index (κ1) is 58.0. The number of benzene rings is 1. The van der Waals surface area contributed by atoms with E-state index in [2.05, 4.69) is 20.1 Å². The summed E-state index contributed by atoms with van der Waals surface area (Å²) in [6.07, 6.45) is -6.18. The third-order valence-corrected chi connectivity index (χ3v) is 18.1. The van der Waals surface area contributed by atoms with Crippen LogP contribution in [-0.2, 0) is 57.3 Å². The van der Waals surface area contributed by atoms with E-state index in [-0.39, 0.29) is 61.4 Å². The van der Waals surface area contributed by atoms with Crippen LogP contribution in [-0.4, -0.2) is 169 Å². The van der Waals surface area contributed by atoms with E-state index >= 15 is 13.2 Å². The molecule has 6 saturated heterocycles. The Morgan fingerprint density at radius 2 is 1.64 bits per heavy atom. The Kier molecular flexibility index (Phi) is 19.3. The van der Waals surface area contributed by atoms with Gasteiger partial charge >= 0.3 is 6.09 Å². The molecule has 7 rings (SSSR count). The Balaban J connectivity index is 1.19. The van der Waals surface area contributed by atoms with Gasteiger partial charge < -0.3 is 58.0 Å². The minimum Gasteiger partial charge on any atom is -0.444 e. The van der Waals surface area contributed by atoms with Gasteiger partial charge in [-0.3, -0.25) is 9.69 Å². The van der Waals surface area contributed by atoms with Crippen LogP contribution in [0.4, 0.5) is 4.79 Å². The molecule has 6 aliphatic heterocycles. The Morgan fingerprint density at radius 3 is 2.32 bits per heavy atom. The van der Waals surface area contributed by atoms with Crippen molar-refractivity contribution in [3.05, 3.63) is 64.8 Å². The van der Waals surface area contributed by atoms with E-state index in [0.29, 0.717) is 44.9 Å². The fraction of sp³-hybridized carbons (Fsp3) is 0.722. The molecule has 1 aromatic carbocycles. The lowest BCUT2D eigenvalue weighted by molar-refractivity contribution is -0.273. The summed E-state index contributed by atoms with van der Waals surface area (Å²) in [5, 5.41) is 31.3. The number of Topliss-reactive ketones (excluding diaryl/α,β-unsaturated/α-hetero) is 1. The van der Waals surface area contributed by atoms with E-state index in [1.54, 1.807) is 56.9 Å². The number of carbonyl (C=O) groups is 3. The molecule has 73 heavy (non-hydrogen) atoms. The van der Waals surface area contributed by atoms with Crippen LogP contribution < -0.4 is 0 Å². The molecule has 408 valence electrons. The van der Waals surface area contributed by atoms with Gasteiger partial charge in [0.2, 0.25) is 0 Å². The van der Waals surface area contributed by atoms with Gasteiger partial charge in [-0.05, 0) is 119 Å². The molecular weight excluding hydrogens is 1080 g/mol. The molecular formula is C54H78INO16S. The second-order valence-electron chi connectivity index (χ2n) is 22.3. The Morgan fingerprint density at radius 1 is 0.932 bits per heavy atom. The van der Waals surface area contributed by atoms with Crippen molar-refractivity contribution in [2.75, 3.05) is 13.7 Å². The molecule has 0 spiro atoms. The quantitative estimate of drug-likeness (QED) is 0.0763. The maximum absolute atomic E-state index is 15.4. The summed E-state index contributed by atoms with van der Waals surface area (Å²) in [6, 6.07) is 7.81. The van der Waals surface area contributed by atoms with Gasteiger partial charge in [-0.25, -0.2) is 13.2 Å². The number of aldehydes is 1. The molecule has 18 atom stereocenters. The minimum absolute atomic E-state index is 0.0234. The van der Waals surface area contributed by atoms with Gasteiger partial charge in [0, 0.05) is 38.7 Å². The number of fused-ring (bicyclic) bond motifs is 1. The lowest BCUT2D eigenvalue weighted by Gasteiger charge is -2.47. The molecule has 2 unspecified atom stereocenters. The average Bonchev–Trinajstić information content (AvgIpc) is 3.96. The maximum Gasteiger partial charge on any atom is 0.412 e. The maximum atomic E-state index is 15.4. The first-order chi connectivity index (χ1) is 34.5. The standard InChI is InChI=1S/C54H78INO16S/c1-30-24-34(17-19-40-31(2)25-33(66-40)14-13-23-57)67-42(32(30)3)28-43-45(49(65-9)44(69-43)27-36-29-56(54(7,8)71-36)52(62)72-53(4,5)6)51(73(63,64)37-15-11-10-12-16-37)39(59)26-35-18-20-41-50(68-35)47(61)46(60)48(70-41)38(58)21-22-55/h10-12,15-16,21-23,30,33-36,38,40-51,58,60-61H,2-3,13-14,17-20,24-29H2,1,4-9H3/b22-21+/t30-,33+,34+,35-,36+,38+,40+,41?,42-,43+,44-,45+,46+,47-,48+,49+,50+,51?/m1/s1. The van der Waals surface area contributed by atoms with Crippen molar-refractivity contribution >= 4 is 50.6 Å². The normalized spacial score (nSPS) is 36.8. The summed E-state index contributed by atoms with van der Waals surface area (Å²) in [4.78, 5) is 41.4.